The minimum absolute atomic E-state index is 0.240. The molecule has 19 heavy (non-hydrogen) atoms. The third-order valence-corrected chi connectivity index (χ3v) is 3.76. The van der Waals surface area contributed by atoms with Crippen LogP contribution in [0.15, 0.2) is 18.2 Å². The molecule has 0 amide bonds. The molecule has 2 aliphatic rings. The molecule has 0 aliphatic carbocycles. The summed E-state index contributed by atoms with van der Waals surface area (Å²) in [5.41, 5.74) is 1.29. The molecule has 1 aromatic rings. The number of carbonyl (C=O) groups excluding carboxylic acids is 1. The van der Waals surface area contributed by atoms with Crippen LogP contribution in [0, 0.1) is 0 Å². The van der Waals surface area contributed by atoms with Gasteiger partial charge >= 0.3 is 5.97 Å². The molecule has 0 bridgehead atoms. The van der Waals surface area contributed by atoms with Gasteiger partial charge in [0.15, 0.2) is 0 Å². The van der Waals surface area contributed by atoms with Crippen LogP contribution in [0.25, 0.3) is 0 Å². The minimum atomic E-state index is -0.333. The van der Waals surface area contributed by atoms with E-state index in [1.54, 1.807) is 6.07 Å². The molecule has 1 saturated heterocycles. The quantitative estimate of drug-likeness (QED) is 0.768. The van der Waals surface area contributed by atoms with Crippen molar-refractivity contribution in [2.75, 3.05) is 33.5 Å². The van der Waals surface area contributed by atoms with Gasteiger partial charge in [-0.15, -0.1) is 0 Å². The van der Waals surface area contributed by atoms with Gasteiger partial charge in [0.25, 0.3) is 0 Å². The molecule has 3 rings (SSSR count). The van der Waals surface area contributed by atoms with Crippen LogP contribution in [-0.2, 0) is 15.0 Å². The Morgan fingerprint density at radius 1 is 1.42 bits per heavy atom. The Balaban J connectivity index is 2.03. The fourth-order valence-corrected chi connectivity index (χ4v) is 2.74. The number of benzene rings is 1. The Hall–Kier alpha value is -1.59. The van der Waals surface area contributed by atoms with Crippen LogP contribution in [0.4, 0.5) is 0 Å². The highest BCUT2D eigenvalue weighted by Gasteiger charge is 2.39. The summed E-state index contributed by atoms with van der Waals surface area (Å²) in [4.78, 5) is 11.7. The van der Waals surface area contributed by atoms with Gasteiger partial charge in [0.2, 0.25) is 0 Å². The van der Waals surface area contributed by atoms with Gasteiger partial charge in [0.1, 0.15) is 5.75 Å². The molecule has 0 radical (unpaired) electrons. The second kappa shape index (κ2) is 4.83. The van der Waals surface area contributed by atoms with Crippen molar-refractivity contribution in [2.45, 2.75) is 12.0 Å². The Labute approximate surface area is 111 Å². The Kier molecular flexibility index (Phi) is 3.16. The normalized spacial score (nSPS) is 25.5. The fourth-order valence-electron chi connectivity index (χ4n) is 2.74. The van der Waals surface area contributed by atoms with E-state index in [4.69, 9.17) is 14.2 Å². The summed E-state index contributed by atoms with van der Waals surface area (Å²) in [6.45, 7) is 2.78. The molecule has 5 heteroatoms. The second-order valence-electron chi connectivity index (χ2n) is 4.86. The molecule has 1 fully saturated rings. The van der Waals surface area contributed by atoms with E-state index < -0.39 is 0 Å². The maximum atomic E-state index is 11.7. The number of esters is 1. The lowest BCUT2D eigenvalue weighted by molar-refractivity contribution is 0.00556. The maximum Gasteiger partial charge on any atom is 0.337 e. The number of ether oxygens (including phenoxy) is 3. The van der Waals surface area contributed by atoms with Crippen molar-refractivity contribution in [3.63, 3.8) is 0 Å². The standard InChI is InChI=1S/C14H17NO4/c1-17-13(16)10-2-3-12-11(8-10)14(4-6-19-12)9-18-7-5-15-14/h2-3,8,15H,4-7,9H2,1H3/t14-/m0/s1. The molecule has 2 heterocycles. The zero-order valence-electron chi connectivity index (χ0n) is 10.9. The molecule has 1 N–H and O–H groups in total. The van der Waals surface area contributed by atoms with Crippen molar-refractivity contribution < 1.29 is 19.0 Å². The van der Waals surface area contributed by atoms with E-state index in [2.05, 4.69) is 5.32 Å². The van der Waals surface area contributed by atoms with E-state index >= 15 is 0 Å². The van der Waals surface area contributed by atoms with Crippen LogP contribution in [-0.4, -0.2) is 39.4 Å². The summed E-state index contributed by atoms with van der Waals surface area (Å²) in [6, 6.07) is 5.41. The number of rotatable bonds is 1. The molecule has 5 nitrogen and oxygen atoms in total. The lowest BCUT2D eigenvalue weighted by Gasteiger charge is -2.42. The summed E-state index contributed by atoms with van der Waals surface area (Å²) in [7, 11) is 1.38. The van der Waals surface area contributed by atoms with E-state index in [1.165, 1.54) is 7.11 Å². The monoisotopic (exact) mass is 263 g/mol. The lowest BCUT2D eigenvalue weighted by atomic mass is 9.83. The van der Waals surface area contributed by atoms with Gasteiger partial charge in [0.05, 0.1) is 38.0 Å². The summed E-state index contributed by atoms with van der Waals surface area (Å²) < 4.78 is 16.1. The third kappa shape index (κ3) is 2.09. The zero-order valence-corrected chi connectivity index (χ0v) is 10.9. The molecule has 0 unspecified atom stereocenters. The maximum absolute atomic E-state index is 11.7. The lowest BCUT2D eigenvalue weighted by Crippen LogP contribution is -2.54. The predicted molar refractivity (Wildman–Crippen MR) is 68.4 cm³/mol. The molecular weight excluding hydrogens is 246 g/mol. The van der Waals surface area contributed by atoms with Crippen molar-refractivity contribution in [1.29, 1.82) is 0 Å². The van der Waals surface area contributed by atoms with Gasteiger partial charge < -0.3 is 19.5 Å². The van der Waals surface area contributed by atoms with Gasteiger partial charge in [-0.1, -0.05) is 0 Å². The Morgan fingerprint density at radius 3 is 3.05 bits per heavy atom. The van der Waals surface area contributed by atoms with E-state index in [-0.39, 0.29) is 11.5 Å². The number of hydrogen-bond donors (Lipinski definition) is 1. The van der Waals surface area contributed by atoms with Crippen LogP contribution in [0.1, 0.15) is 22.3 Å². The van der Waals surface area contributed by atoms with E-state index in [0.717, 1.165) is 24.3 Å². The van der Waals surface area contributed by atoms with E-state index in [1.807, 2.05) is 12.1 Å². The summed E-state index contributed by atoms with van der Waals surface area (Å²) in [5, 5.41) is 3.52. The van der Waals surface area contributed by atoms with Crippen molar-refractivity contribution in [2.24, 2.45) is 0 Å². The van der Waals surface area contributed by atoms with Crippen molar-refractivity contribution in [1.82, 2.24) is 5.32 Å². The first-order valence-electron chi connectivity index (χ1n) is 6.44. The van der Waals surface area contributed by atoms with Gasteiger partial charge in [-0.3, -0.25) is 0 Å². The molecule has 1 aromatic carbocycles. The van der Waals surface area contributed by atoms with Crippen LogP contribution >= 0.6 is 0 Å². The van der Waals surface area contributed by atoms with Crippen LogP contribution in [0.5, 0.6) is 5.75 Å². The molecule has 102 valence electrons. The molecule has 1 spiro atoms. The Morgan fingerprint density at radius 2 is 2.32 bits per heavy atom. The number of carbonyl (C=O) groups is 1. The van der Waals surface area contributed by atoms with Crippen LogP contribution in [0.2, 0.25) is 0 Å². The number of fused-ring (bicyclic) bond motifs is 2. The first-order chi connectivity index (χ1) is 9.25. The molecule has 0 aromatic heterocycles. The highest BCUT2D eigenvalue weighted by molar-refractivity contribution is 5.89. The average molecular weight is 263 g/mol. The molecule has 1 atom stereocenters. The SMILES string of the molecule is COC(=O)c1ccc2c(c1)[C@]1(CCO2)COCCN1. The van der Waals surface area contributed by atoms with Gasteiger partial charge in [-0.2, -0.15) is 0 Å². The average Bonchev–Trinajstić information content (AvgIpc) is 2.47. The smallest absolute Gasteiger partial charge is 0.337 e. The number of nitrogens with one attached hydrogen (secondary N) is 1. The molecule has 0 saturated carbocycles. The number of morpholine rings is 1. The zero-order chi connectivity index (χ0) is 13.3. The largest absolute Gasteiger partial charge is 0.493 e. The van der Waals surface area contributed by atoms with Gasteiger partial charge in [-0.05, 0) is 18.2 Å². The van der Waals surface area contributed by atoms with Crippen molar-refractivity contribution in [3.05, 3.63) is 29.3 Å². The Bertz CT molecular complexity index is 494. The fraction of sp³-hybridized carbons (Fsp3) is 0.500. The molecular formula is C14H17NO4. The second-order valence-corrected chi connectivity index (χ2v) is 4.86. The van der Waals surface area contributed by atoms with E-state index in [0.29, 0.717) is 25.4 Å². The van der Waals surface area contributed by atoms with Crippen molar-refractivity contribution in [3.8, 4) is 5.75 Å². The van der Waals surface area contributed by atoms with Crippen molar-refractivity contribution >= 4 is 5.97 Å². The first kappa shape index (κ1) is 12.4. The minimum Gasteiger partial charge on any atom is -0.493 e. The first-order valence-corrected chi connectivity index (χ1v) is 6.44. The number of hydrogen-bond acceptors (Lipinski definition) is 5. The topological polar surface area (TPSA) is 56.8 Å². The third-order valence-electron chi connectivity index (χ3n) is 3.76. The highest BCUT2D eigenvalue weighted by atomic mass is 16.5. The van der Waals surface area contributed by atoms with Crippen LogP contribution in [0.3, 0.4) is 0 Å². The van der Waals surface area contributed by atoms with Gasteiger partial charge in [-0.25, -0.2) is 4.79 Å². The van der Waals surface area contributed by atoms with Gasteiger partial charge in [0, 0.05) is 18.5 Å². The summed E-state index contributed by atoms with van der Waals surface area (Å²) >= 11 is 0. The molecule has 2 aliphatic heterocycles. The highest BCUT2D eigenvalue weighted by Crippen LogP contribution is 2.38. The van der Waals surface area contributed by atoms with E-state index in [9.17, 15) is 4.79 Å². The summed E-state index contributed by atoms with van der Waals surface area (Å²) in [5.74, 6) is 0.483. The number of methoxy groups -OCH3 is 1. The predicted octanol–water partition coefficient (Wildman–Crippen LogP) is 1.07. The summed E-state index contributed by atoms with van der Waals surface area (Å²) in [6.07, 6.45) is 0.838. The van der Waals surface area contributed by atoms with Crippen LogP contribution < -0.4 is 10.1 Å².